The lowest BCUT2D eigenvalue weighted by Gasteiger charge is -2.32. The Hall–Kier alpha value is -1.93. The van der Waals surface area contributed by atoms with E-state index in [0.29, 0.717) is 30.8 Å². The summed E-state index contributed by atoms with van der Waals surface area (Å²) in [5, 5.41) is 11.7. The molecule has 0 spiro atoms. The van der Waals surface area contributed by atoms with Crippen LogP contribution in [0.3, 0.4) is 0 Å². The Bertz CT molecular complexity index is 520. The van der Waals surface area contributed by atoms with Crippen molar-refractivity contribution in [3.63, 3.8) is 0 Å². The first-order valence-corrected chi connectivity index (χ1v) is 6.33. The first-order chi connectivity index (χ1) is 9.15. The summed E-state index contributed by atoms with van der Waals surface area (Å²) < 4.78 is 13.8. The van der Waals surface area contributed by atoms with Crippen LogP contribution in [0.15, 0.2) is 18.2 Å². The molecule has 19 heavy (non-hydrogen) atoms. The number of amides is 1. The molecule has 5 heteroatoms. The molecule has 1 fully saturated rings. The van der Waals surface area contributed by atoms with Gasteiger partial charge in [0.2, 0.25) is 5.91 Å². The minimum atomic E-state index is -0.433. The third kappa shape index (κ3) is 2.91. The van der Waals surface area contributed by atoms with Gasteiger partial charge in [0.05, 0.1) is 17.6 Å². The molecule has 2 rings (SSSR count). The molecular weight excluding hydrogens is 245 g/mol. The smallest absolute Gasteiger partial charge is 0.228 e. The van der Waals surface area contributed by atoms with Crippen molar-refractivity contribution in [2.45, 2.75) is 13.5 Å². The van der Waals surface area contributed by atoms with Gasteiger partial charge in [-0.3, -0.25) is 4.79 Å². The van der Waals surface area contributed by atoms with Crippen LogP contribution >= 0.6 is 0 Å². The highest BCUT2D eigenvalue weighted by molar-refractivity contribution is 5.80. The number of nitrogens with one attached hydrogen (secondary N) is 1. The van der Waals surface area contributed by atoms with Crippen LogP contribution in [-0.4, -0.2) is 30.4 Å². The molecular formula is C14H16FN3O. The molecule has 0 bridgehead atoms. The van der Waals surface area contributed by atoms with Gasteiger partial charge < -0.3 is 10.2 Å². The third-order valence-corrected chi connectivity index (χ3v) is 3.37. The van der Waals surface area contributed by atoms with Crippen molar-refractivity contribution in [2.75, 3.05) is 19.6 Å². The van der Waals surface area contributed by atoms with E-state index in [9.17, 15) is 9.18 Å². The SMILES string of the molecule is CCN(Cc1ccc(C#N)cc1F)C(=O)C1CNC1. The van der Waals surface area contributed by atoms with E-state index in [2.05, 4.69) is 5.32 Å². The fourth-order valence-electron chi connectivity index (χ4n) is 2.02. The molecule has 1 amide bonds. The number of carbonyl (C=O) groups is 1. The quantitative estimate of drug-likeness (QED) is 0.888. The summed E-state index contributed by atoms with van der Waals surface area (Å²) in [6, 6.07) is 6.24. The van der Waals surface area contributed by atoms with Gasteiger partial charge in [-0.15, -0.1) is 0 Å². The van der Waals surface area contributed by atoms with Crippen molar-refractivity contribution in [3.8, 4) is 6.07 Å². The second-order valence-corrected chi connectivity index (χ2v) is 4.63. The summed E-state index contributed by atoms with van der Waals surface area (Å²) in [7, 11) is 0. The molecule has 0 aliphatic carbocycles. The summed E-state index contributed by atoms with van der Waals surface area (Å²) >= 11 is 0. The number of carbonyl (C=O) groups excluding carboxylic acids is 1. The molecule has 0 radical (unpaired) electrons. The van der Waals surface area contributed by atoms with Crippen molar-refractivity contribution < 1.29 is 9.18 Å². The van der Waals surface area contributed by atoms with Crippen LogP contribution in [0, 0.1) is 23.1 Å². The maximum atomic E-state index is 13.8. The molecule has 1 aromatic carbocycles. The molecule has 1 N–H and O–H groups in total. The second-order valence-electron chi connectivity index (χ2n) is 4.63. The maximum Gasteiger partial charge on any atom is 0.228 e. The molecule has 0 saturated carbocycles. The Morgan fingerprint density at radius 1 is 1.58 bits per heavy atom. The highest BCUT2D eigenvalue weighted by atomic mass is 19.1. The third-order valence-electron chi connectivity index (χ3n) is 3.37. The van der Waals surface area contributed by atoms with Crippen molar-refractivity contribution in [1.82, 2.24) is 10.2 Å². The fraction of sp³-hybridized carbons (Fsp3) is 0.429. The Kier molecular flexibility index (Phi) is 4.13. The van der Waals surface area contributed by atoms with Gasteiger partial charge >= 0.3 is 0 Å². The predicted molar refractivity (Wildman–Crippen MR) is 68.6 cm³/mol. The topological polar surface area (TPSA) is 56.1 Å². The second kappa shape index (κ2) is 5.81. The largest absolute Gasteiger partial charge is 0.338 e. The van der Waals surface area contributed by atoms with Gasteiger partial charge in [-0.25, -0.2) is 4.39 Å². The van der Waals surface area contributed by atoms with Gasteiger partial charge in [0.15, 0.2) is 0 Å². The molecule has 0 atom stereocenters. The van der Waals surface area contributed by atoms with Crippen LogP contribution < -0.4 is 5.32 Å². The average molecular weight is 261 g/mol. The van der Waals surface area contributed by atoms with Crippen LogP contribution in [0.25, 0.3) is 0 Å². The summed E-state index contributed by atoms with van der Waals surface area (Å²) in [6.07, 6.45) is 0. The van der Waals surface area contributed by atoms with E-state index >= 15 is 0 Å². The van der Waals surface area contributed by atoms with Crippen molar-refractivity contribution in [3.05, 3.63) is 35.1 Å². The monoisotopic (exact) mass is 261 g/mol. The van der Waals surface area contributed by atoms with Crippen molar-refractivity contribution in [1.29, 1.82) is 5.26 Å². The van der Waals surface area contributed by atoms with E-state index < -0.39 is 5.82 Å². The van der Waals surface area contributed by atoms with E-state index in [0.717, 1.165) is 0 Å². The molecule has 1 aromatic rings. The lowest BCUT2D eigenvalue weighted by Crippen LogP contribution is -2.51. The van der Waals surface area contributed by atoms with Crippen LogP contribution in [0.4, 0.5) is 4.39 Å². The zero-order chi connectivity index (χ0) is 13.8. The molecule has 0 unspecified atom stereocenters. The van der Waals surface area contributed by atoms with Crippen LogP contribution in [0.1, 0.15) is 18.1 Å². The van der Waals surface area contributed by atoms with Gasteiger partial charge in [0.1, 0.15) is 5.82 Å². The van der Waals surface area contributed by atoms with Crippen LogP contribution in [0.5, 0.6) is 0 Å². The van der Waals surface area contributed by atoms with Gasteiger partial charge in [-0.1, -0.05) is 6.07 Å². The van der Waals surface area contributed by atoms with Crippen LogP contribution in [-0.2, 0) is 11.3 Å². The first kappa shape index (κ1) is 13.5. The van der Waals surface area contributed by atoms with Gasteiger partial charge in [0, 0.05) is 31.7 Å². The lowest BCUT2D eigenvalue weighted by atomic mass is 10.0. The van der Waals surface area contributed by atoms with E-state index in [1.165, 1.54) is 6.07 Å². The number of halogens is 1. The molecule has 1 saturated heterocycles. The van der Waals surface area contributed by atoms with Crippen LogP contribution in [0.2, 0.25) is 0 Å². The standard InChI is InChI=1S/C14H16FN3O/c1-2-18(14(19)12-7-17-8-12)9-11-4-3-10(6-16)5-13(11)15/h3-5,12,17H,2,7-9H2,1H3. The fourth-order valence-corrected chi connectivity index (χ4v) is 2.02. The van der Waals surface area contributed by atoms with Gasteiger partial charge in [-0.2, -0.15) is 5.26 Å². The number of benzene rings is 1. The molecule has 100 valence electrons. The highest BCUT2D eigenvalue weighted by Gasteiger charge is 2.28. The zero-order valence-electron chi connectivity index (χ0n) is 10.8. The van der Waals surface area contributed by atoms with E-state index in [4.69, 9.17) is 5.26 Å². The summed E-state index contributed by atoms with van der Waals surface area (Å²) in [5.41, 5.74) is 0.736. The van der Waals surface area contributed by atoms with E-state index in [1.54, 1.807) is 17.0 Å². The molecule has 1 aliphatic heterocycles. The van der Waals surface area contributed by atoms with Gasteiger partial charge in [0.25, 0.3) is 0 Å². The molecule has 0 aromatic heterocycles. The normalized spacial score (nSPS) is 14.6. The minimum Gasteiger partial charge on any atom is -0.338 e. The van der Waals surface area contributed by atoms with Crippen molar-refractivity contribution >= 4 is 5.91 Å². The summed E-state index contributed by atoms with van der Waals surface area (Å²) in [4.78, 5) is 13.8. The summed E-state index contributed by atoms with van der Waals surface area (Å²) in [6.45, 7) is 4.08. The Morgan fingerprint density at radius 3 is 2.79 bits per heavy atom. The molecule has 4 nitrogen and oxygen atoms in total. The number of hydrogen-bond donors (Lipinski definition) is 1. The van der Waals surface area contributed by atoms with Gasteiger partial charge in [-0.05, 0) is 19.1 Å². The Morgan fingerprint density at radius 2 is 2.32 bits per heavy atom. The molecule has 1 heterocycles. The van der Waals surface area contributed by atoms with E-state index in [1.807, 2.05) is 13.0 Å². The highest BCUT2D eigenvalue weighted by Crippen LogP contribution is 2.15. The maximum absolute atomic E-state index is 13.8. The number of nitrogens with zero attached hydrogens (tertiary/aromatic N) is 2. The van der Waals surface area contributed by atoms with E-state index in [-0.39, 0.29) is 18.4 Å². The number of nitriles is 1. The number of hydrogen-bond acceptors (Lipinski definition) is 3. The first-order valence-electron chi connectivity index (χ1n) is 6.33. The minimum absolute atomic E-state index is 0.0152. The Balaban J connectivity index is 2.09. The lowest BCUT2D eigenvalue weighted by molar-refractivity contribution is -0.137. The van der Waals surface area contributed by atoms with Crippen molar-refractivity contribution in [2.24, 2.45) is 5.92 Å². The summed E-state index contributed by atoms with van der Waals surface area (Å²) in [5.74, 6) is -0.358. The number of rotatable bonds is 4. The average Bonchev–Trinajstić information content (AvgIpc) is 2.35. The Labute approximate surface area is 111 Å². The molecule has 1 aliphatic rings. The zero-order valence-corrected chi connectivity index (χ0v) is 10.8. The predicted octanol–water partition coefficient (Wildman–Crippen LogP) is 1.27.